The van der Waals surface area contributed by atoms with Gasteiger partial charge in [-0.25, -0.2) is 0 Å². The van der Waals surface area contributed by atoms with Gasteiger partial charge in [0, 0.05) is 11.6 Å². The van der Waals surface area contributed by atoms with Crippen molar-refractivity contribution in [3.05, 3.63) is 81.8 Å². The maximum Gasteiger partial charge on any atom is 0.291 e. The molecule has 0 fully saturated rings. The van der Waals surface area contributed by atoms with Crippen LogP contribution in [-0.4, -0.2) is 21.7 Å². The van der Waals surface area contributed by atoms with Crippen LogP contribution < -0.4 is 10.1 Å². The minimum Gasteiger partial charge on any atom is -0.506 e. The number of anilines is 1. The number of hydrogen-bond donors (Lipinski definition) is 2. The normalized spacial score (nSPS) is 10.4. The van der Waals surface area contributed by atoms with Gasteiger partial charge in [-0.2, -0.15) is 0 Å². The molecule has 0 radical (unpaired) electrons. The average molecular weight is 396 g/mol. The van der Waals surface area contributed by atoms with Gasteiger partial charge in [0.1, 0.15) is 23.9 Å². The molecule has 1 aromatic heterocycles. The molecule has 1 heterocycles. The van der Waals surface area contributed by atoms with Crippen molar-refractivity contribution in [1.29, 1.82) is 0 Å². The number of ether oxygens (including phenoxy) is 1. The van der Waals surface area contributed by atoms with Crippen molar-refractivity contribution in [3.8, 4) is 11.5 Å². The van der Waals surface area contributed by atoms with Crippen molar-refractivity contribution in [3.63, 3.8) is 0 Å². The number of nitrogens with one attached hydrogen (secondary N) is 1. The Balaban J connectivity index is 1.61. The summed E-state index contributed by atoms with van der Waals surface area (Å²) in [4.78, 5) is 33.5. The van der Waals surface area contributed by atoms with E-state index in [0.717, 1.165) is 12.1 Å². The number of amides is 1. The number of aromatic hydroxyl groups is 1. The van der Waals surface area contributed by atoms with Crippen LogP contribution in [0.15, 0.2) is 59.0 Å². The Morgan fingerprint density at radius 1 is 1.14 bits per heavy atom. The van der Waals surface area contributed by atoms with Crippen LogP contribution in [-0.2, 0) is 6.61 Å². The molecule has 3 rings (SSSR count). The molecule has 0 unspecified atom stereocenters. The summed E-state index contributed by atoms with van der Waals surface area (Å²) in [5.74, 6) is -0.208. The molecule has 0 atom stereocenters. The van der Waals surface area contributed by atoms with Gasteiger partial charge in [0.25, 0.3) is 11.6 Å². The molecule has 0 aliphatic rings. The molecule has 148 valence electrons. The van der Waals surface area contributed by atoms with Crippen LogP contribution >= 0.6 is 0 Å². The Kier molecular flexibility index (Phi) is 5.59. The highest BCUT2D eigenvalue weighted by atomic mass is 16.6. The quantitative estimate of drug-likeness (QED) is 0.268. The lowest BCUT2D eigenvalue weighted by Gasteiger charge is -2.06. The fourth-order valence-electron chi connectivity index (χ4n) is 2.44. The third kappa shape index (κ3) is 4.78. The summed E-state index contributed by atoms with van der Waals surface area (Å²) in [7, 11) is 0. The molecule has 29 heavy (non-hydrogen) atoms. The number of nitro groups is 1. The zero-order valence-electron chi connectivity index (χ0n) is 15.2. The average Bonchev–Trinajstić information content (AvgIpc) is 3.17. The van der Waals surface area contributed by atoms with E-state index in [1.165, 1.54) is 19.1 Å². The van der Waals surface area contributed by atoms with Crippen LogP contribution in [0.4, 0.5) is 11.4 Å². The first-order valence-electron chi connectivity index (χ1n) is 8.45. The van der Waals surface area contributed by atoms with E-state index in [1.807, 2.05) is 0 Å². The summed E-state index contributed by atoms with van der Waals surface area (Å²) in [5.41, 5.74) is 0.290. The van der Waals surface area contributed by atoms with Crippen LogP contribution in [0.5, 0.6) is 11.5 Å². The summed E-state index contributed by atoms with van der Waals surface area (Å²) >= 11 is 0. The van der Waals surface area contributed by atoms with Gasteiger partial charge < -0.3 is 19.6 Å². The molecule has 0 bridgehead atoms. The van der Waals surface area contributed by atoms with Crippen LogP contribution in [0.2, 0.25) is 0 Å². The summed E-state index contributed by atoms with van der Waals surface area (Å²) in [6.07, 6.45) is 0. The summed E-state index contributed by atoms with van der Waals surface area (Å²) in [6, 6.07) is 12.9. The Morgan fingerprint density at radius 2 is 1.86 bits per heavy atom. The van der Waals surface area contributed by atoms with E-state index in [4.69, 9.17) is 9.15 Å². The number of carbonyl (C=O) groups is 2. The molecule has 0 aliphatic heterocycles. The number of furan rings is 1. The molecule has 0 saturated carbocycles. The molecule has 1 amide bonds. The SMILES string of the molecule is CC(=O)c1ccc(OCc2ccc(C(=O)Nc3ccc([N+](=O)[O-])cc3O)o2)cc1. The van der Waals surface area contributed by atoms with Gasteiger partial charge in [0.05, 0.1) is 16.7 Å². The third-order valence-electron chi connectivity index (χ3n) is 3.97. The fraction of sp³-hybridized carbons (Fsp3) is 0.100. The summed E-state index contributed by atoms with van der Waals surface area (Å²) in [6.45, 7) is 1.54. The first-order valence-corrected chi connectivity index (χ1v) is 8.45. The molecular weight excluding hydrogens is 380 g/mol. The zero-order chi connectivity index (χ0) is 21.0. The van der Waals surface area contributed by atoms with Crippen LogP contribution in [0.25, 0.3) is 0 Å². The van der Waals surface area contributed by atoms with Crippen molar-refractivity contribution >= 4 is 23.1 Å². The van der Waals surface area contributed by atoms with E-state index in [9.17, 15) is 24.8 Å². The number of nitro benzene ring substituents is 1. The first-order chi connectivity index (χ1) is 13.8. The number of carbonyl (C=O) groups excluding carboxylic acids is 2. The van der Waals surface area contributed by atoms with Crippen LogP contribution in [0, 0.1) is 10.1 Å². The topological polar surface area (TPSA) is 132 Å². The predicted molar refractivity (Wildman–Crippen MR) is 102 cm³/mol. The Morgan fingerprint density at radius 3 is 2.48 bits per heavy atom. The summed E-state index contributed by atoms with van der Waals surface area (Å²) in [5, 5.41) is 22.9. The maximum absolute atomic E-state index is 12.3. The van der Waals surface area contributed by atoms with Crippen molar-refractivity contribution in [1.82, 2.24) is 0 Å². The van der Waals surface area contributed by atoms with Crippen molar-refractivity contribution < 1.29 is 28.8 Å². The van der Waals surface area contributed by atoms with Gasteiger partial charge in [0.15, 0.2) is 11.5 Å². The second kappa shape index (κ2) is 8.26. The van der Waals surface area contributed by atoms with Gasteiger partial charge in [-0.3, -0.25) is 19.7 Å². The molecular formula is C20H16N2O7. The maximum atomic E-state index is 12.3. The van der Waals surface area contributed by atoms with Crippen LogP contribution in [0.3, 0.4) is 0 Å². The molecule has 0 saturated heterocycles. The van der Waals surface area contributed by atoms with Gasteiger partial charge in [-0.15, -0.1) is 0 Å². The number of phenolic OH excluding ortho intramolecular Hbond substituents is 1. The highest BCUT2D eigenvalue weighted by Gasteiger charge is 2.16. The van der Waals surface area contributed by atoms with Gasteiger partial charge in [0.2, 0.25) is 0 Å². The lowest BCUT2D eigenvalue weighted by molar-refractivity contribution is -0.384. The van der Waals surface area contributed by atoms with E-state index < -0.39 is 16.6 Å². The number of Topliss-reactive ketones (excluding diaryl/α,β-unsaturated/α-hetero) is 1. The highest BCUT2D eigenvalue weighted by Crippen LogP contribution is 2.28. The van der Waals surface area contributed by atoms with E-state index in [-0.39, 0.29) is 29.5 Å². The largest absolute Gasteiger partial charge is 0.506 e. The molecule has 9 nitrogen and oxygen atoms in total. The predicted octanol–water partition coefficient (Wildman–Crippen LogP) is 3.93. The standard InChI is InChI=1S/C20H16N2O7/c1-12(23)13-2-5-15(6-3-13)28-11-16-7-9-19(29-16)20(25)21-17-8-4-14(22(26)27)10-18(17)24/h2-10,24H,11H2,1H3,(H,21,25). The Bertz CT molecular complexity index is 1070. The first kappa shape index (κ1) is 19.6. The third-order valence-corrected chi connectivity index (χ3v) is 3.97. The number of benzene rings is 2. The smallest absolute Gasteiger partial charge is 0.291 e. The lowest BCUT2D eigenvalue weighted by Crippen LogP contribution is -2.11. The van der Waals surface area contributed by atoms with Crippen molar-refractivity contribution in [2.24, 2.45) is 0 Å². The number of nitrogens with zero attached hydrogens (tertiary/aromatic N) is 1. The monoisotopic (exact) mass is 396 g/mol. The number of hydrogen-bond acceptors (Lipinski definition) is 7. The fourth-order valence-corrected chi connectivity index (χ4v) is 2.44. The van der Waals surface area contributed by atoms with E-state index in [2.05, 4.69) is 5.32 Å². The second-order valence-corrected chi connectivity index (χ2v) is 6.05. The van der Waals surface area contributed by atoms with Crippen LogP contribution in [0.1, 0.15) is 33.6 Å². The number of ketones is 1. The van der Waals surface area contributed by atoms with Crippen molar-refractivity contribution in [2.45, 2.75) is 13.5 Å². The minimum atomic E-state index is -0.655. The lowest BCUT2D eigenvalue weighted by atomic mass is 10.1. The van der Waals surface area contributed by atoms with E-state index >= 15 is 0 Å². The number of non-ortho nitro benzene ring substituents is 1. The molecule has 0 spiro atoms. The Hall–Kier alpha value is -4.14. The van der Waals surface area contributed by atoms with Gasteiger partial charge in [-0.05, 0) is 49.4 Å². The second-order valence-electron chi connectivity index (χ2n) is 6.05. The van der Waals surface area contributed by atoms with E-state index in [0.29, 0.717) is 17.1 Å². The summed E-state index contributed by atoms with van der Waals surface area (Å²) < 4.78 is 11.0. The number of rotatable bonds is 7. The molecule has 2 N–H and O–H groups in total. The zero-order valence-corrected chi connectivity index (χ0v) is 15.2. The van der Waals surface area contributed by atoms with E-state index in [1.54, 1.807) is 30.3 Å². The molecule has 9 heteroatoms. The van der Waals surface area contributed by atoms with Gasteiger partial charge in [-0.1, -0.05) is 0 Å². The van der Waals surface area contributed by atoms with Crippen molar-refractivity contribution in [2.75, 3.05) is 5.32 Å². The number of phenols is 1. The van der Waals surface area contributed by atoms with Gasteiger partial charge >= 0.3 is 0 Å². The Labute approximate surface area is 164 Å². The molecule has 0 aliphatic carbocycles. The highest BCUT2D eigenvalue weighted by molar-refractivity contribution is 6.03. The molecule has 2 aromatic carbocycles. The molecule has 3 aromatic rings. The minimum absolute atomic E-state index is 0.0142.